The number of nitrogens with one attached hydrogen (secondary N) is 2. The molecule has 0 bridgehead atoms. The van der Waals surface area contributed by atoms with Crippen LogP contribution >= 0.6 is 0 Å². The van der Waals surface area contributed by atoms with Crippen molar-refractivity contribution >= 4 is 11.9 Å². The van der Waals surface area contributed by atoms with E-state index in [1.807, 2.05) is 18.2 Å². The van der Waals surface area contributed by atoms with Gasteiger partial charge in [-0.25, -0.2) is 0 Å². The number of carbonyl (C=O) groups is 1. The first-order valence-corrected chi connectivity index (χ1v) is 6.81. The van der Waals surface area contributed by atoms with Gasteiger partial charge in [-0.3, -0.25) is 15.1 Å². The smallest absolute Gasteiger partial charge is 0.249 e. The van der Waals surface area contributed by atoms with Crippen LogP contribution in [0, 0.1) is 5.92 Å². The average molecular weight is 259 g/mol. The van der Waals surface area contributed by atoms with E-state index in [9.17, 15) is 4.79 Å². The molecule has 19 heavy (non-hydrogen) atoms. The number of aliphatic imine (C=N–C) groups is 1. The number of benzene rings is 1. The normalized spacial score (nSPS) is 20.7. The van der Waals surface area contributed by atoms with E-state index in [1.165, 1.54) is 5.56 Å². The molecule has 1 saturated heterocycles. The Bertz CT molecular complexity index is 454. The molecule has 2 N–H and O–H groups in total. The molecule has 0 spiro atoms. The Hall–Kier alpha value is -1.84. The van der Waals surface area contributed by atoms with Crippen LogP contribution in [0.4, 0.5) is 0 Å². The van der Waals surface area contributed by atoms with Crippen molar-refractivity contribution in [3.63, 3.8) is 0 Å². The minimum absolute atomic E-state index is 0.0263. The lowest BCUT2D eigenvalue weighted by atomic mass is 10.1. The fraction of sp³-hybridized carbons (Fsp3) is 0.467. The second-order valence-electron chi connectivity index (χ2n) is 5.29. The van der Waals surface area contributed by atoms with Crippen molar-refractivity contribution in [1.29, 1.82) is 0 Å². The molecule has 1 heterocycles. The molecule has 0 saturated carbocycles. The number of amides is 1. The summed E-state index contributed by atoms with van der Waals surface area (Å²) >= 11 is 0. The average Bonchev–Trinajstić information content (AvgIpc) is 2.76. The molecule has 1 amide bonds. The number of hydrogen-bond donors (Lipinski definition) is 2. The molecule has 4 nitrogen and oxygen atoms in total. The molecule has 0 radical (unpaired) electrons. The standard InChI is InChI=1S/C15H21N3O/c1-11(2)10-16-15-17-13(14(19)18-15)9-8-12-6-4-3-5-7-12/h3-7,11,13H,8-10H2,1-2H3,(H2,16,17,18,19). The second-order valence-corrected chi connectivity index (χ2v) is 5.29. The van der Waals surface area contributed by atoms with Gasteiger partial charge in [0, 0.05) is 6.54 Å². The quantitative estimate of drug-likeness (QED) is 0.846. The van der Waals surface area contributed by atoms with Crippen molar-refractivity contribution in [2.75, 3.05) is 6.54 Å². The fourth-order valence-corrected chi connectivity index (χ4v) is 1.99. The molecule has 1 aromatic rings. The lowest BCUT2D eigenvalue weighted by Crippen LogP contribution is -2.30. The monoisotopic (exact) mass is 259 g/mol. The maximum Gasteiger partial charge on any atom is 0.249 e. The highest BCUT2D eigenvalue weighted by Crippen LogP contribution is 2.07. The Morgan fingerprint density at radius 1 is 1.26 bits per heavy atom. The van der Waals surface area contributed by atoms with Crippen LogP contribution in [0.15, 0.2) is 35.3 Å². The van der Waals surface area contributed by atoms with Gasteiger partial charge in [-0.1, -0.05) is 44.2 Å². The van der Waals surface area contributed by atoms with E-state index in [2.05, 4.69) is 41.6 Å². The first-order valence-electron chi connectivity index (χ1n) is 6.81. The molecule has 4 heteroatoms. The summed E-state index contributed by atoms with van der Waals surface area (Å²) in [5.74, 6) is 1.14. The zero-order valence-corrected chi connectivity index (χ0v) is 11.5. The number of hydrogen-bond acceptors (Lipinski definition) is 2. The first-order chi connectivity index (χ1) is 9.15. The van der Waals surface area contributed by atoms with E-state index in [-0.39, 0.29) is 11.9 Å². The van der Waals surface area contributed by atoms with Crippen LogP contribution in [0.3, 0.4) is 0 Å². The van der Waals surface area contributed by atoms with Crippen molar-refractivity contribution in [1.82, 2.24) is 10.6 Å². The van der Waals surface area contributed by atoms with Crippen LogP contribution in [-0.4, -0.2) is 24.5 Å². The topological polar surface area (TPSA) is 53.5 Å². The van der Waals surface area contributed by atoms with Gasteiger partial charge in [-0.15, -0.1) is 0 Å². The Balaban J connectivity index is 1.85. The van der Waals surface area contributed by atoms with Crippen LogP contribution < -0.4 is 10.6 Å². The molecule has 1 unspecified atom stereocenters. The van der Waals surface area contributed by atoms with Crippen LogP contribution in [0.5, 0.6) is 0 Å². The van der Waals surface area contributed by atoms with Gasteiger partial charge in [-0.05, 0) is 24.3 Å². The number of nitrogens with zero attached hydrogens (tertiary/aromatic N) is 1. The molecular formula is C15H21N3O. The van der Waals surface area contributed by atoms with Crippen molar-refractivity contribution < 1.29 is 4.79 Å². The Morgan fingerprint density at radius 2 is 2.00 bits per heavy atom. The molecular weight excluding hydrogens is 238 g/mol. The highest BCUT2D eigenvalue weighted by Gasteiger charge is 2.27. The maximum atomic E-state index is 11.8. The molecule has 1 atom stereocenters. The molecule has 0 aromatic heterocycles. The maximum absolute atomic E-state index is 11.8. The lowest BCUT2D eigenvalue weighted by Gasteiger charge is -2.07. The summed E-state index contributed by atoms with van der Waals surface area (Å²) in [5, 5.41) is 5.95. The van der Waals surface area contributed by atoms with Crippen LogP contribution in [0.1, 0.15) is 25.8 Å². The van der Waals surface area contributed by atoms with Gasteiger partial charge in [0.1, 0.15) is 6.04 Å². The third kappa shape index (κ3) is 4.09. The van der Waals surface area contributed by atoms with Gasteiger partial charge in [0.05, 0.1) is 0 Å². The van der Waals surface area contributed by atoms with Crippen LogP contribution in [0.2, 0.25) is 0 Å². The Morgan fingerprint density at radius 3 is 2.68 bits per heavy atom. The molecule has 2 rings (SSSR count). The van der Waals surface area contributed by atoms with Crippen molar-refractivity contribution in [2.24, 2.45) is 10.9 Å². The summed E-state index contributed by atoms with van der Waals surface area (Å²) in [6.07, 6.45) is 1.68. The van der Waals surface area contributed by atoms with Crippen molar-refractivity contribution in [3.8, 4) is 0 Å². The van der Waals surface area contributed by atoms with E-state index in [1.54, 1.807) is 0 Å². The third-order valence-electron chi connectivity index (χ3n) is 3.05. The van der Waals surface area contributed by atoms with Crippen molar-refractivity contribution in [2.45, 2.75) is 32.7 Å². The highest BCUT2D eigenvalue weighted by molar-refractivity contribution is 6.06. The Labute approximate surface area is 114 Å². The molecule has 1 aliphatic heterocycles. The summed E-state index contributed by atoms with van der Waals surface area (Å²) in [6.45, 7) is 4.94. The number of guanidine groups is 1. The highest BCUT2D eigenvalue weighted by atomic mass is 16.2. The predicted octanol–water partition coefficient (Wildman–Crippen LogP) is 1.72. The zero-order chi connectivity index (χ0) is 13.7. The van der Waals surface area contributed by atoms with E-state index in [0.29, 0.717) is 11.9 Å². The lowest BCUT2D eigenvalue weighted by molar-refractivity contribution is -0.120. The minimum atomic E-state index is -0.161. The molecule has 102 valence electrons. The van der Waals surface area contributed by atoms with Gasteiger partial charge < -0.3 is 5.32 Å². The van der Waals surface area contributed by atoms with Gasteiger partial charge in [0.25, 0.3) is 0 Å². The molecule has 1 aliphatic rings. The minimum Gasteiger partial charge on any atom is -0.344 e. The SMILES string of the molecule is CC(C)CN=C1NC(=O)C(CCc2ccccc2)N1. The second kappa shape index (κ2) is 6.36. The van der Waals surface area contributed by atoms with E-state index in [0.717, 1.165) is 19.4 Å². The first kappa shape index (κ1) is 13.6. The van der Waals surface area contributed by atoms with Gasteiger partial charge in [0.15, 0.2) is 5.96 Å². The predicted molar refractivity (Wildman–Crippen MR) is 77.0 cm³/mol. The number of carbonyl (C=O) groups excluding carboxylic acids is 1. The van der Waals surface area contributed by atoms with E-state index in [4.69, 9.17) is 0 Å². The largest absolute Gasteiger partial charge is 0.344 e. The molecule has 0 aliphatic carbocycles. The Kier molecular flexibility index (Phi) is 4.55. The van der Waals surface area contributed by atoms with E-state index < -0.39 is 0 Å². The summed E-state index contributed by atoms with van der Waals surface area (Å²) in [4.78, 5) is 16.1. The fourth-order valence-electron chi connectivity index (χ4n) is 1.99. The number of rotatable bonds is 5. The summed E-state index contributed by atoms with van der Waals surface area (Å²) in [6, 6.07) is 10.0. The van der Waals surface area contributed by atoms with Crippen molar-refractivity contribution in [3.05, 3.63) is 35.9 Å². The summed E-state index contributed by atoms with van der Waals surface area (Å²) in [5.41, 5.74) is 1.25. The van der Waals surface area contributed by atoms with Crippen LogP contribution in [-0.2, 0) is 11.2 Å². The van der Waals surface area contributed by atoms with Gasteiger partial charge in [0.2, 0.25) is 5.91 Å². The van der Waals surface area contributed by atoms with E-state index >= 15 is 0 Å². The zero-order valence-electron chi connectivity index (χ0n) is 11.5. The molecule has 1 fully saturated rings. The summed E-state index contributed by atoms with van der Waals surface area (Å²) in [7, 11) is 0. The number of aryl methyl sites for hydroxylation is 1. The van der Waals surface area contributed by atoms with Gasteiger partial charge >= 0.3 is 0 Å². The van der Waals surface area contributed by atoms with Crippen LogP contribution in [0.25, 0.3) is 0 Å². The summed E-state index contributed by atoms with van der Waals surface area (Å²) < 4.78 is 0. The third-order valence-corrected chi connectivity index (χ3v) is 3.05. The molecule has 1 aromatic carbocycles. The van der Waals surface area contributed by atoms with Gasteiger partial charge in [-0.2, -0.15) is 0 Å².